The van der Waals surface area contributed by atoms with Gasteiger partial charge in [-0.2, -0.15) is 0 Å². The molecule has 17 nitrogen and oxygen atoms in total. The highest BCUT2D eigenvalue weighted by molar-refractivity contribution is 6.38. The zero-order valence-corrected chi connectivity index (χ0v) is 38.8. The summed E-state index contributed by atoms with van der Waals surface area (Å²) < 4.78 is 10.6. The minimum absolute atomic E-state index is 0.111. The van der Waals surface area contributed by atoms with Crippen LogP contribution in [0.2, 0.25) is 0 Å². The highest BCUT2D eigenvalue weighted by atomic mass is 16.6. The van der Waals surface area contributed by atoms with Gasteiger partial charge in [0.25, 0.3) is 11.8 Å². The Morgan fingerprint density at radius 2 is 1.45 bits per heavy atom. The van der Waals surface area contributed by atoms with Crippen LogP contribution in [0.3, 0.4) is 0 Å². The molecule has 0 bridgehead atoms. The van der Waals surface area contributed by atoms with Crippen molar-refractivity contribution >= 4 is 53.1 Å². The Kier molecular flexibility index (Phi) is 17.3. The second-order valence-corrected chi connectivity index (χ2v) is 19.2. The Morgan fingerprint density at radius 3 is 2.06 bits per heavy atom. The molecule has 1 aromatic carbocycles. The van der Waals surface area contributed by atoms with Crippen LogP contribution in [-0.4, -0.2) is 114 Å². The van der Waals surface area contributed by atoms with Crippen molar-refractivity contribution in [3.8, 4) is 0 Å². The van der Waals surface area contributed by atoms with Crippen LogP contribution in [0.25, 0.3) is 0 Å². The molecule has 4 aliphatic rings. The molecule has 4 fully saturated rings. The van der Waals surface area contributed by atoms with E-state index in [9.17, 15) is 38.4 Å². The molecule has 3 aliphatic carbocycles. The van der Waals surface area contributed by atoms with Gasteiger partial charge in [0.05, 0.1) is 30.8 Å². The molecule has 1 saturated heterocycles. The first kappa shape index (κ1) is 49.6. The molecule has 4 N–H and O–H groups in total. The lowest BCUT2D eigenvalue weighted by Crippen LogP contribution is -2.52. The van der Waals surface area contributed by atoms with Gasteiger partial charge in [0, 0.05) is 44.7 Å². The molecule has 358 valence electrons. The molecule has 1 aromatic heterocycles. The molecule has 0 spiro atoms. The standard InChI is InChI=1S/C49H67N7O10/c1-5-65-48(64)56-24-22-55(23-25-56)39-21-20-35(29-50-39)44(60)54-41(33-12-8-6-9-13-33)38(57)28-36(26-31-16-17-31)45(61)52-37(27-32-18-19-32)43(59)46(62)51-30-40(58)53-42(34-14-10-7-11-15-34)47(63)66-49(2,3)4/h7,10-11,14-15,20-21,29,31-33,36-37,41-42H,5-6,8-9,12-13,16-19,22-28,30H2,1-4H3,(H,51,62)(H,52,61)(H,53,58)(H,54,60). The fourth-order valence-corrected chi connectivity index (χ4v) is 8.71. The van der Waals surface area contributed by atoms with Gasteiger partial charge in [-0.15, -0.1) is 0 Å². The predicted molar refractivity (Wildman–Crippen MR) is 244 cm³/mol. The van der Waals surface area contributed by atoms with E-state index in [4.69, 9.17) is 9.47 Å². The van der Waals surface area contributed by atoms with Crippen LogP contribution in [-0.2, 0) is 38.2 Å². The topological polar surface area (TPSA) is 223 Å². The zero-order chi connectivity index (χ0) is 47.4. The number of esters is 1. The van der Waals surface area contributed by atoms with Crippen LogP contribution >= 0.6 is 0 Å². The summed E-state index contributed by atoms with van der Waals surface area (Å²) in [6, 6.07) is 8.79. The lowest BCUT2D eigenvalue weighted by molar-refractivity contribution is -0.158. The van der Waals surface area contributed by atoms with Crippen molar-refractivity contribution in [2.45, 2.75) is 128 Å². The average Bonchev–Trinajstić information content (AvgIpc) is 4.26. The summed E-state index contributed by atoms with van der Waals surface area (Å²) in [5.74, 6) is -4.43. The van der Waals surface area contributed by atoms with E-state index >= 15 is 0 Å². The number of carbonyl (C=O) groups is 8. The van der Waals surface area contributed by atoms with Gasteiger partial charge in [0.15, 0.2) is 11.8 Å². The normalized spacial score (nSPS) is 18.4. The molecule has 17 heteroatoms. The number of amides is 5. The van der Waals surface area contributed by atoms with Crippen LogP contribution in [0.15, 0.2) is 48.7 Å². The Bertz CT molecular complexity index is 2040. The van der Waals surface area contributed by atoms with Crippen molar-refractivity contribution in [1.82, 2.24) is 31.2 Å². The zero-order valence-electron chi connectivity index (χ0n) is 38.8. The maximum atomic E-state index is 14.4. The Labute approximate surface area is 387 Å². The molecule has 2 heterocycles. The first-order valence-corrected chi connectivity index (χ1v) is 23.7. The number of benzene rings is 1. The number of hydrogen-bond donors (Lipinski definition) is 4. The number of rotatable bonds is 21. The van der Waals surface area contributed by atoms with Gasteiger partial charge in [0.2, 0.25) is 17.6 Å². The number of nitrogens with zero attached hydrogens (tertiary/aromatic N) is 3. The lowest BCUT2D eigenvalue weighted by atomic mass is 9.80. The molecule has 1 aliphatic heterocycles. The van der Waals surface area contributed by atoms with Gasteiger partial charge < -0.3 is 40.5 Å². The van der Waals surface area contributed by atoms with Gasteiger partial charge >= 0.3 is 12.1 Å². The van der Waals surface area contributed by atoms with Crippen LogP contribution in [0, 0.1) is 23.7 Å². The second-order valence-electron chi connectivity index (χ2n) is 19.2. The van der Waals surface area contributed by atoms with E-state index in [2.05, 4.69) is 26.3 Å². The van der Waals surface area contributed by atoms with Gasteiger partial charge in [0.1, 0.15) is 11.4 Å². The van der Waals surface area contributed by atoms with E-state index in [0.29, 0.717) is 56.2 Å². The monoisotopic (exact) mass is 913 g/mol. The molecule has 4 atom stereocenters. The van der Waals surface area contributed by atoms with Crippen molar-refractivity contribution < 1.29 is 47.8 Å². The smallest absolute Gasteiger partial charge is 0.409 e. The molecule has 3 saturated carbocycles. The van der Waals surface area contributed by atoms with Crippen molar-refractivity contribution in [1.29, 1.82) is 0 Å². The highest BCUT2D eigenvalue weighted by Gasteiger charge is 2.40. The third kappa shape index (κ3) is 14.8. The van der Waals surface area contributed by atoms with Gasteiger partial charge in [-0.3, -0.25) is 28.8 Å². The van der Waals surface area contributed by atoms with Crippen molar-refractivity contribution in [2.24, 2.45) is 23.7 Å². The summed E-state index contributed by atoms with van der Waals surface area (Å²) in [5, 5.41) is 10.8. The third-order valence-electron chi connectivity index (χ3n) is 12.6. The average molecular weight is 914 g/mol. The Hall–Kier alpha value is -5.87. The van der Waals surface area contributed by atoms with Crippen molar-refractivity contribution in [3.63, 3.8) is 0 Å². The number of nitrogens with one attached hydrogen (secondary N) is 4. The van der Waals surface area contributed by atoms with E-state index in [1.807, 2.05) is 4.90 Å². The van der Waals surface area contributed by atoms with E-state index in [1.165, 1.54) is 6.20 Å². The maximum absolute atomic E-state index is 14.4. The van der Waals surface area contributed by atoms with Gasteiger partial charge in [-0.1, -0.05) is 75.3 Å². The molecule has 66 heavy (non-hydrogen) atoms. The molecule has 4 unspecified atom stereocenters. The molecule has 6 rings (SSSR count). The number of ether oxygens (including phenoxy) is 2. The fraction of sp³-hybridized carbons (Fsp3) is 0.612. The largest absolute Gasteiger partial charge is 0.458 e. The summed E-state index contributed by atoms with van der Waals surface area (Å²) in [7, 11) is 0. The third-order valence-corrected chi connectivity index (χ3v) is 12.6. The number of aromatic nitrogens is 1. The fourth-order valence-electron chi connectivity index (χ4n) is 8.71. The number of ketones is 2. The number of piperazine rings is 1. The minimum atomic E-state index is -1.17. The summed E-state index contributed by atoms with van der Waals surface area (Å²) in [6.45, 7) is 8.67. The number of Topliss-reactive ketones (excluding diaryl/α,β-unsaturated/α-hetero) is 2. The molecule has 5 amide bonds. The minimum Gasteiger partial charge on any atom is -0.458 e. The number of anilines is 1. The first-order chi connectivity index (χ1) is 31.6. The molecular formula is C49H67N7O10. The Balaban J connectivity index is 1.07. The molecule has 0 radical (unpaired) electrons. The van der Waals surface area contributed by atoms with E-state index in [-0.39, 0.29) is 42.5 Å². The second kappa shape index (κ2) is 23.0. The van der Waals surface area contributed by atoms with Crippen LogP contribution in [0.4, 0.5) is 10.6 Å². The highest BCUT2D eigenvalue weighted by Crippen LogP contribution is 2.38. The first-order valence-electron chi connectivity index (χ1n) is 23.7. The quantitative estimate of drug-likeness (QED) is 0.0999. The molecule has 2 aromatic rings. The van der Waals surface area contributed by atoms with Gasteiger partial charge in [-0.25, -0.2) is 14.6 Å². The maximum Gasteiger partial charge on any atom is 0.409 e. The lowest BCUT2D eigenvalue weighted by Gasteiger charge is -2.34. The number of pyridine rings is 1. The molecular weight excluding hydrogens is 847 g/mol. The van der Waals surface area contributed by atoms with Crippen LogP contribution in [0.5, 0.6) is 0 Å². The SMILES string of the molecule is CCOC(=O)N1CCN(c2ccc(C(=O)NC(C(=O)CC(CC3CC3)C(=O)NC(CC3CC3)C(=O)C(=O)NCC(=O)NC(C(=O)OC(C)(C)C)c3ccccc3)C3CCCCC3)cn2)CC1. The van der Waals surface area contributed by atoms with E-state index in [0.717, 1.165) is 57.8 Å². The number of carbonyl (C=O) groups excluding carboxylic acids is 8. The van der Waals surface area contributed by atoms with E-state index in [1.54, 1.807) is 75.1 Å². The predicted octanol–water partition coefficient (Wildman–Crippen LogP) is 4.58. The van der Waals surface area contributed by atoms with Crippen molar-refractivity contribution in [2.75, 3.05) is 44.2 Å². The van der Waals surface area contributed by atoms with E-state index < -0.39 is 71.6 Å². The van der Waals surface area contributed by atoms with Gasteiger partial charge in [-0.05, 0) is 88.8 Å². The number of hydrogen-bond acceptors (Lipinski definition) is 12. The summed E-state index contributed by atoms with van der Waals surface area (Å²) >= 11 is 0. The van der Waals surface area contributed by atoms with Crippen LogP contribution in [0.1, 0.15) is 127 Å². The Morgan fingerprint density at radius 1 is 0.788 bits per heavy atom. The summed E-state index contributed by atoms with van der Waals surface area (Å²) in [6.07, 6.45) is 9.56. The van der Waals surface area contributed by atoms with Crippen molar-refractivity contribution in [3.05, 3.63) is 59.8 Å². The van der Waals surface area contributed by atoms with Crippen LogP contribution < -0.4 is 26.2 Å². The summed E-state index contributed by atoms with van der Waals surface area (Å²) in [5.41, 5.74) is -0.0558. The summed E-state index contributed by atoms with van der Waals surface area (Å²) in [4.78, 5) is 116.